The Balaban J connectivity index is 1.35. The lowest BCUT2D eigenvalue weighted by Gasteiger charge is -2.35. The minimum atomic E-state index is -0.438. The van der Waals surface area contributed by atoms with Gasteiger partial charge in [0.25, 0.3) is 0 Å². The Labute approximate surface area is 163 Å². The lowest BCUT2D eigenvalue weighted by molar-refractivity contribution is -0.153. The van der Waals surface area contributed by atoms with Gasteiger partial charge < -0.3 is 14.7 Å². The zero-order chi connectivity index (χ0) is 19.5. The predicted molar refractivity (Wildman–Crippen MR) is 104 cm³/mol. The molecule has 0 spiro atoms. The smallest absolute Gasteiger partial charge is 0.312 e. The van der Waals surface area contributed by atoms with Crippen molar-refractivity contribution < 1.29 is 14.4 Å². The van der Waals surface area contributed by atoms with Crippen molar-refractivity contribution in [2.75, 3.05) is 39.3 Å². The first-order valence-electron chi connectivity index (χ1n) is 9.82. The monoisotopic (exact) mass is 380 g/mol. The zero-order valence-electron chi connectivity index (χ0n) is 15.8. The molecule has 146 valence electrons. The van der Waals surface area contributed by atoms with E-state index in [2.05, 4.69) is 4.98 Å². The maximum absolute atomic E-state index is 12.8. The first-order valence-corrected chi connectivity index (χ1v) is 9.82. The Morgan fingerprint density at radius 1 is 0.786 bits per heavy atom. The first kappa shape index (κ1) is 18.4. The van der Waals surface area contributed by atoms with Gasteiger partial charge >= 0.3 is 11.8 Å². The molecule has 0 bridgehead atoms. The molecule has 0 N–H and O–H groups in total. The van der Waals surface area contributed by atoms with Gasteiger partial charge in [0, 0.05) is 50.9 Å². The molecule has 0 aliphatic carbocycles. The number of pyridine rings is 1. The molecule has 0 saturated carbocycles. The molecule has 0 unspecified atom stereocenters. The number of rotatable bonds is 2. The molecule has 1 aromatic carbocycles. The van der Waals surface area contributed by atoms with Gasteiger partial charge in [-0.1, -0.05) is 24.3 Å². The number of fused-ring (bicyclic) bond motifs is 1. The van der Waals surface area contributed by atoms with Crippen molar-refractivity contribution in [1.82, 2.24) is 19.7 Å². The summed E-state index contributed by atoms with van der Waals surface area (Å²) in [6.07, 6.45) is 3.95. The van der Waals surface area contributed by atoms with Gasteiger partial charge in [-0.25, -0.2) is 0 Å². The quantitative estimate of drug-likeness (QED) is 0.731. The summed E-state index contributed by atoms with van der Waals surface area (Å²) in [4.78, 5) is 46.8. The SMILES string of the molecule is O=C(Cc1cccc2cccnc12)N1CCN(C(=O)C(=O)N2CCCC2)CC1. The minimum Gasteiger partial charge on any atom is -0.339 e. The van der Waals surface area contributed by atoms with Crippen LogP contribution in [0.1, 0.15) is 18.4 Å². The Hall–Kier alpha value is -2.96. The van der Waals surface area contributed by atoms with Gasteiger partial charge in [0.05, 0.1) is 11.9 Å². The van der Waals surface area contributed by atoms with E-state index in [0.29, 0.717) is 39.3 Å². The van der Waals surface area contributed by atoms with E-state index in [9.17, 15) is 14.4 Å². The Morgan fingerprint density at radius 3 is 2.11 bits per heavy atom. The summed E-state index contributed by atoms with van der Waals surface area (Å²) in [5.41, 5.74) is 1.76. The third-order valence-electron chi connectivity index (χ3n) is 5.55. The normalized spacial score (nSPS) is 17.2. The molecular formula is C21H24N4O3. The summed E-state index contributed by atoms with van der Waals surface area (Å²) in [6, 6.07) is 9.72. The van der Waals surface area contributed by atoms with Gasteiger partial charge in [0.15, 0.2) is 0 Å². The van der Waals surface area contributed by atoms with Crippen LogP contribution in [0.2, 0.25) is 0 Å². The summed E-state index contributed by atoms with van der Waals surface area (Å²) in [6.45, 7) is 3.05. The Kier molecular flexibility index (Phi) is 5.23. The fourth-order valence-electron chi connectivity index (χ4n) is 3.93. The van der Waals surface area contributed by atoms with Crippen LogP contribution < -0.4 is 0 Å². The summed E-state index contributed by atoms with van der Waals surface area (Å²) >= 11 is 0. The molecular weight excluding hydrogens is 356 g/mol. The van der Waals surface area contributed by atoms with E-state index in [-0.39, 0.29) is 12.3 Å². The lowest BCUT2D eigenvalue weighted by Crippen LogP contribution is -2.54. The number of carbonyl (C=O) groups excluding carboxylic acids is 3. The summed E-state index contributed by atoms with van der Waals surface area (Å²) in [7, 11) is 0. The van der Waals surface area contributed by atoms with Crippen LogP contribution in [0.15, 0.2) is 36.5 Å². The fraction of sp³-hybridized carbons (Fsp3) is 0.429. The van der Waals surface area contributed by atoms with Gasteiger partial charge in [-0.15, -0.1) is 0 Å². The van der Waals surface area contributed by atoms with Gasteiger partial charge in [-0.05, 0) is 24.5 Å². The molecule has 2 saturated heterocycles. The largest absolute Gasteiger partial charge is 0.339 e. The molecule has 2 fully saturated rings. The standard InChI is InChI=1S/C21H24N4O3/c26-18(15-17-6-3-5-16-7-4-8-22-19(16)17)23-11-13-25(14-12-23)21(28)20(27)24-9-1-2-10-24/h3-8H,1-2,9-15H2. The Morgan fingerprint density at radius 2 is 1.39 bits per heavy atom. The van der Waals surface area contributed by atoms with E-state index in [1.165, 1.54) is 0 Å². The number of amides is 3. The number of likely N-dealkylation sites (tertiary alicyclic amines) is 1. The van der Waals surface area contributed by atoms with Crippen LogP contribution in [0.4, 0.5) is 0 Å². The van der Waals surface area contributed by atoms with Crippen molar-refractivity contribution in [2.45, 2.75) is 19.3 Å². The summed E-state index contributed by atoms with van der Waals surface area (Å²) in [5.74, 6) is -0.817. The van der Waals surface area contributed by atoms with E-state index in [4.69, 9.17) is 0 Å². The zero-order valence-corrected chi connectivity index (χ0v) is 15.8. The average molecular weight is 380 g/mol. The third-order valence-corrected chi connectivity index (χ3v) is 5.55. The van der Waals surface area contributed by atoms with Crippen LogP contribution in [-0.2, 0) is 20.8 Å². The molecule has 7 nitrogen and oxygen atoms in total. The highest BCUT2D eigenvalue weighted by Gasteiger charge is 2.31. The number of hydrogen-bond donors (Lipinski definition) is 0. The lowest BCUT2D eigenvalue weighted by atomic mass is 10.1. The second kappa shape index (κ2) is 7.96. The number of carbonyl (C=O) groups is 3. The number of hydrogen-bond acceptors (Lipinski definition) is 4. The van der Waals surface area contributed by atoms with Gasteiger partial charge in [-0.3, -0.25) is 19.4 Å². The van der Waals surface area contributed by atoms with Crippen molar-refractivity contribution in [3.8, 4) is 0 Å². The molecule has 3 amide bonds. The fourth-order valence-corrected chi connectivity index (χ4v) is 3.93. The second-order valence-electron chi connectivity index (χ2n) is 7.34. The molecule has 28 heavy (non-hydrogen) atoms. The first-order chi connectivity index (χ1) is 13.6. The number of aromatic nitrogens is 1. The minimum absolute atomic E-state index is 0.0242. The molecule has 2 aliphatic rings. The highest BCUT2D eigenvalue weighted by molar-refractivity contribution is 6.35. The molecule has 0 radical (unpaired) electrons. The number of nitrogens with zero attached hydrogens (tertiary/aromatic N) is 4. The molecule has 3 heterocycles. The van der Waals surface area contributed by atoms with Crippen LogP contribution in [0.5, 0.6) is 0 Å². The molecule has 7 heteroatoms. The van der Waals surface area contributed by atoms with Crippen molar-refractivity contribution >= 4 is 28.6 Å². The third kappa shape index (κ3) is 3.69. The van der Waals surface area contributed by atoms with Crippen LogP contribution in [0, 0.1) is 0 Å². The molecule has 4 rings (SSSR count). The Bertz CT molecular complexity index is 894. The van der Waals surface area contributed by atoms with E-state index >= 15 is 0 Å². The van der Waals surface area contributed by atoms with Crippen LogP contribution in [-0.4, -0.2) is 76.7 Å². The second-order valence-corrected chi connectivity index (χ2v) is 7.34. The summed E-state index contributed by atoms with van der Waals surface area (Å²) < 4.78 is 0. The highest BCUT2D eigenvalue weighted by Crippen LogP contribution is 2.18. The molecule has 0 atom stereocenters. The number of benzene rings is 1. The van der Waals surface area contributed by atoms with E-state index < -0.39 is 11.8 Å². The van der Waals surface area contributed by atoms with Crippen molar-refractivity contribution in [3.63, 3.8) is 0 Å². The number of piperazine rings is 1. The van der Waals surface area contributed by atoms with Crippen molar-refractivity contribution in [1.29, 1.82) is 0 Å². The van der Waals surface area contributed by atoms with Crippen molar-refractivity contribution in [3.05, 3.63) is 42.1 Å². The van der Waals surface area contributed by atoms with Crippen LogP contribution in [0.3, 0.4) is 0 Å². The molecule has 1 aromatic heterocycles. The van der Waals surface area contributed by atoms with E-state index in [1.54, 1.807) is 20.9 Å². The predicted octanol–water partition coefficient (Wildman–Crippen LogP) is 1.07. The maximum atomic E-state index is 12.8. The van der Waals surface area contributed by atoms with Gasteiger partial charge in [-0.2, -0.15) is 0 Å². The van der Waals surface area contributed by atoms with E-state index in [0.717, 1.165) is 29.3 Å². The topological polar surface area (TPSA) is 73.8 Å². The highest BCUT2D eigenvalue weighted by atomic mass is 16.2. The molecule has 2 aromatic rings. The van der Waals surface area contributed by atoms with Crippen molar-refractivity contribution in [2.24, 2.45) is 0 Å². The average Bonchev–Trinajstić information content (AvgIpc) is 3.28. The van der Waals surface area contributed by atoms with Gasteiger partial charge in [0.2, 0.25) is 5.91 Å². The van der Waals surface area contributed by atoms with E-state index in [1.807, 2.05) is 30.3 Å². The maximum Gasteiger partial charge on any atom is 0.312 e. The van der Waals surface area contributed by atoms with Gasteiger partial charge in [0.1, 0.15) is 0 Å². The van der Waals surface area contributed by atoms with Crippen LogP contribution in [0.25, 0.3) is 10.9 Å². The molecule has 2 aliphatic heterocycles. The number of para-hydroxylation sites is 1. The summed E-state index contributed by atoms with van der Waals surface area (Å²) in [5, 5.41) is 1.02. The van der Waals surface area contributed by atoms with Crippen LogP contribution >= 0.6 is 0 Å².